The molecule has 1 aliphatic rings. The van der Waals surface area contributed by atoms with Crippen LogP contribution in [-0.2, 0) is 14.8 Å². The first-order valence-corrected chi connectivity index (χ1v) is 13.0. The normalized spacial score (nSPS) is 16.0. The summed E-state index contributed by atoms with van der Waals surface area (Å²) in [5, 5.41) is 8.79. The number of methoxy groups -OCH3 is 2. The predicted molar refractivity (Wildman–Crippen MR) is 139 cm³/mol. The molecular weight excluding hydrogens is 496 g/mol. The Bertz CT molecular complexity index is 1550. The molecule has 1 saturated heterocycles. The molecule has 2 aromatic carbocycles. The molecule has 0 saturated carbocycles. The minimum Gasteiger partial charge on any atom is -0.497 e. The molecule has 1 fully saturated rings. The highest BCUT2D eigenvalue weighted by Crippen LogP contribution is 2.36. The van der Waals surface area contributed by atoms with E-state index in [0.717, 1.165) is 0 Å². The first-order valence-electron chi connectivity index (χ1n) is 11.5. The number of rotatable bonds is 7. The van der Waals surface area contributed by atoms with E-state index in [1.807, 2.05) is 29.2 Å². The first kappa shape index (κ1) is 24.7. The second-order valence-corrected chi connectivity index (χ2v) is 9.84. The molecule has 2 aromatic heterocycles. The number of sulfonamides is 1. The number of hydrogen-bond donors (Lipinski definition) is 2. The van der Waals surface area contributed by atoms with Crippen molar-refractivity contribution in [1.82, 2.24) is 15.0 Å². The van der Waals surface area contributed by atoms with Crippen LogP contribution in [0.5, 0.6) is 11.5 Å². The minimum absolute atomic E-state index is 0.0419. The third-order valence-electron chi connectivity index (χ3n) is 5.99. The summed E-state index contributed by atoms with van der Waals surface area (Å²) in [5.74, 6) is 1.99. The summed E-state index contributed by atoms with van der Waals surface area (Å²) in [5.41, 5.74) is 2.59. The Hall–Kier alpha value is -4.00. The lowest BCUT2D eigenvalue weighted by molar-refractivity contribution is 0.0371. The number of para-hydroxylation sites is 2. The maximum atomic E-state index is 12.2. The maximum absolute atomic E-state index is 12.2. The van der Waals surface area contributed by atoms with Crippen LogP contribution in [0.1, 0.15) is 11.8 Å². The Morgan fingerprint density at radius 3 is 2.57 bits per heavy atom. The van der Waals surface area contributed by atoms with Gasteiger partial charge in [-0.15, -0.1) is 0 Å². The van der Waals surface area contributed by atoms with E-state index in [0.29, 0.717) is 52.9 Å². The standard InChI is InChI=1S/C25H26N6O5S/c1-34-16-9-10-20(35-2)19(14-16)30-24-23(28-17-6-3-4-7-18(17)29-24)21-15-31(12-13-36-21)25-22(37(26,32)33)8-5-11-27-25/h3-11,14,21H,12-13,15H2,1-2H3,(H,29,30)(H2,26,32,33). The lowest BCUT2D eigenvalue weighted by Crippen LogP contribution is -2.40. The van der Waals surface area contributed by atoms with Crippen molar-refractivity contribution in [3.05, 3.63) is 66.5 Å². The van der Waals surface area contributed by atoms with Crippen LogP contribution in [0.25, 0.3) is 11.0 Å². The first-order chi connectivity index (χ1) is 17.9. The molecule has 0 spiro atoms. The zero-order chi connectivity index (χ0) is 26.0. The van der Waals surface area contributed by atoms with Crippen molar-refractivity contribution >= 4 is 38.4 Å². The SMILES string of the molecule is COc1ccc(OC)c(Nc2nc3ccccc3nc2C2CN(c3ncccc3S(N)(=O)=O)CCO2)c1. The van der Waals surface area contributed by atoms with Crippen LogP contribution >= 0.6 is 0 Å². The molecule has 0 aliphatic carbocycles. The molecule has 0 amide bonds. The Labute approximate surface area is 214 Å². The fourth-order valence-corrected chi connectivity index (χ4v) is 4.92. The molecule has 12 heteroatoms. The van der Waals surface area contributed by atoms with Gasteiger partial charge in [0.2, 0.25) is 10.0 Å². The van der Waals surface area contributed by atoms with Gasteiger partial charge in [-0.3, -0.25) is 0 Å². The van der Waals surface area contributed by atoms with Gasteiger partial charge in [0.1, 0.15) is 34.0 Å². The molecule has 0 bridgehead atoms. The third kappa shape index (κ3) is 5.12. The molecule has 5 rings (SSSR count). The predicted octanol–water partition coefficient (Wildman–Crippen LogP) is 3.01. The number of benzene rings is 2. The molecule has 3 N–H and O–H groups in total. The zero-order valence-corrected chi connectivity index (χ0v) is 21.1. The van der Waals surface area contributed by atoms with Crippen LogP contribution in [0.4, 0.5) is 17.3 Å². The molecule has 192 valence electrons. The van der Waals surface area contributed by atoms with Crippen molar-refractivity contribution in [3.8, 4) is 11.5 Å². The van der Waals surface area contributed by atoms with Gasteiger partial charge < -0.3 is 24.4 Å². The summed E-state index contributed by atoms with van der Waals surface area (Å²) in [7, 11) is -0.799. The van der Waals surface area contributed by atoms with E-state index < -0.39 is 16.1 Å². The fourth-order valence-electron chi connectivity index (χ4n) is 4.22. The zero-order valence-electron chi connectivity index (χ0n) is 20.3. The summed E-state index contributed by atoms with van der Waals surface area (Å²) >= 11 is 0. The number of fused-ring (bicyclic) bond motifs is 1. The Kier molecular flexibility index (Phi) is 6.78. The van der Waals surface area contributed by atoms with E-state index in [-0.39, 0.29) is 17.3 Å². The number of aromatic nitrogens is 3. The van der Waals surface area contributed by atoms with Crippen molar-refractivity contribution in [1.29, 1.82) is 0 Å². The van der Waals surface area contributed by atoms with E-state index in [4.69, 9.17) is 29.3 Å². The van der Waals surface area contributed by atoms with Gasteiger partial charge >= 0.3 is 0 Å². The quantitative estimate of drug-likeness (QED) is 0.372. The summed E-state index contributed by atoms with van der Waals surface area (Å²) in [6.07, 6.45) is 0.993. The van der Waals surface area contributed by atoms with Crippen LogP contribution in [0.15, 0.2) is 65.7 Å². The largest absolute Gasteiger partial charge is 0.497 e. The van der Waals surface area contributed by atoms with Crippen LogP contribution in [0.2, 0.25) is 0 Å². The fraction of sp³-hybridized carbons (Fsp3) is 0.240. The monoisotopic (exact) mass is 522 g/mol. The number of morpholine rings is 1. The lowest BCUT2D eigenvalue weighted by Gasteiger charge is -2.34. The number of anilines is 3. The molecule has 11 nitrogen and oxygen atoms in total. The van der Waals surface area contributed by atoms with Gasteiger partial charge in [-0.1, -0.05) is 12.1 Å². The van der Waals surface area contributed by atoms with Gasteiger partial charge in [0.25, 0.3) is 0 Å². The number of nitrogens with zero attached hydrogens (tertiary/aromatic N) is 4. The van der Waals surface area contributed by atoms with Crippen LogP contribution in [0.3, 0.4) is 0 Å². The molecule has 1 aliphatic heterocycles. The Morgan fingerprint density at radius 2 is 1.84 bits per heavy atom. The van der Waals surface area contributed by atoms with E-state index in [1.54, 1.807) is 38.5 Å². The van der Waals surface area contributed by atoms with E-state index in [1.165, 1.54) is 12.3 Å². The summed E-state index contributed by atoms with van der Waals surface area (Å²) in [6, 6.07) is 15.9. The number of nitrogens with two attached hydrogens (primary N) is 1. The molecule has 4 aromatic rings. The van der Waals surface area contributed by atoms with Crippen molar-refractivity contribution in [2.24, 2.45) is 5.14 Å². The number of primary sulfonamides is 1. The van der Waals surface area contributed by atoms with Gasteiger partial charge in [-0.05, 0) is 36.4 Å². The number of pyridine rings is 1. The molecule has 0 radical (unpaired) electrons. The van der Waals surface area contributed by atoms with E-state index >= 15 is 0 Å². The van der Waals surface area contributed by atoms with Gasteiger partial charge in [0.05, 0.1) is 44.1 Å². The van der Waals surface area contributed by atoms with Crippen LogP contribution in [0, 0.1) is 0 Å². The highest BCUT2D eigenvalue weighted by atomic mass is 32.2. The Morgan fingerprint density at radius 1 is 1.05 bits per heavy atom. The van der Waals surface area contributed by atoms with Crippen molar-refractivity contribution in [2.45, 2.75) is 11.0 Å². The minimum atomic E-state index is -3.97. The average molecular weight is 523 g/mol. The summed E-state index contributed by atoms with van der Waals surface area (Å²) < 4.78 is 41.4. The molecule has 37 heavy (non-hydrogen) atoms. The van der Waals surface area contributed by atoms with Crippen LogP contribution in [-0.4, -0.2) is 57.3 Å². The van der Waals surface area contributed by atoms with Gasteiger partial charge in [0.15, 0.2) is 5.82 Å². The number of ether oxygens (including phenoxy) is 3. The maximum Gasteiger partial charge on any atom is 0.241 e. The average Bonchev–Trinajstić information content (AvgIpc) is 2.92. The van der Waals surface area contributed by atoms with E-state index in [2.05, 4.69) is 10.3 Å². The van der Waals surface area contributed by atoms with Crippen molar-refractivity contribution in [3.63, 3.8) is 0 Å². The second kappa shape index (κ2) is 10.2. The second-order valence-electron chi connectivity index (χ2n) is 8.31. The molecule has 1 unspecified atom stereocenters. The van der Waals surface area contributed by atoms with Gasteiger partial charge in [0, 0.05) is 18.8 Å². The number of nitrogens with one attached hydrogen (secondary N) is 1. The number of hydrogen-bond acceptors (Lipinski definition) is 10. The lowest BCUT2D eigenvalue weighted by atomic mass is 10.1. The van der Waals surface area contributed by atoms with Crippen molar-refractivity contribution in [2.75, 3.05) is 44.1 Å². The van der Waals surface area contributed by atoms with Crippen LogP contribution < -0.4 is 24.8 Å². The summed E-state index contributed by atoms with van der Waals surface area (Å²) in [6.45, 7) is 1.04. The third-order valence-corrected chi connectivity index (χ3v) is 6.92. The highest BCUT2D eigenvalue weighted by molar-refractivity contribution is 7.89. The van der Waals surface area contributed by atoms with E-state index in [9.17, 15) is 8.42 Å². The van der Waals surface area contributed by atoms with Crippen molar-refractivity contribution < 1.29 is 22.6 Å². The topological polar surface area (TPSA) is 142 Å². The smallest absolute Gasteiger partial charge is 0.241 e. The molecule has 3 heterocycles. The molecule has 1 atom stereocenters. The summed E-state index contributed by atoms with van der Waals surface area (Å²) in [4.78, 5) is 15.8. The molecular formula is C25H26N6O5S. The Balaban J connectivity index is 1.56. The van der Waals surface area contributed by atoms with Gasteiger partial charge in [-0.2, -0.15) is 0 Å². The highest BCUT2D eigenvalue weighted by Gasteiger charge is 2.30. The van der Waals surface area contributed by atoms with Gasteiger partial charge in [-0.25, -0.2) is 28.5 Å².